The fourth-order valence-electron chi connectivity index (χ4n) is 3.70. The van der Waals surface area contributed by atoms with Gasteiger partial charge in [0.1, 0.15) is 12.4 Å². The Morgan fingerprint density at radius 1 is 0.903 bits per heavy atom. The number of hydrogen-bond donors (Lipinski definition) is 0. The Morgan fingerprint density at radius 2 is 1.61 bits per heavy atom. The first kappa shape index (κ1) is 20.7. The molecule has 1 saturated heterocycles. The van der Waals surface area contributed by atoms with Gasteiger partial charge in [0.2, 0.25) is 0 Å². The summed E-state index contributed by atoms with van der Waals surface area (Å²) in [7, 11) is 1.56. The summed E-state index contributed by atoms with van der Waals surface area (Å²) in [6, 6.07) is 21.8. The molecular formula is C25H25FN2O3. The highest BCUT2D eigenvalue weighted by Crippen LogP contribution is 2.30. The third kappa shape index (κ3) is 4.79. The molecule has 0 radical (unpaired) electrons. The predicted octanol–water partition coefficient (Wildman–Crippen LogP) is 4.38. The zero-order valence-corrected chi connectivity index (χ0v) is 17.5. The number of nitrogens with zero attached hydrogens (tertiary/aromatic N) is 2. The minimum atomic E-state index is -0.238. The second-order valence-electron chi connectivity index (χ2n) is 7.37. The van der Waals surface area contributed by atoms with E-state index >= 15 is 0 Å². The van der Waals surface area contributed by atoms with Crippen LogP contribution in [0.25, 0.3) is 0 Å². The van der Waals surface area contributed by atoms with Gasteiger partial charge in [0.15, 0.2) is 11.5 Å². The smallest absolute Gasteiger partial charge is 0.254 e. The van der Waals surface area contributed by atoms with Crippen molar-refractivity contribution in [1.82, 2.24) is 4.90 Å². The van der Waals surface area contributed by atoms with Crippen molar-refractivity contribution < 1.29 is 18.7 Å². The first-order chi connectivity index (χ1) is 15.2. The van der Waals surface area contributed by atoms with E-state index in [2.05, 4.69) is 0 Å². The van der Waals surface area contributed by atoms with E-state index in [1.165, 1.54) is 6.07 Å². The summed E-state index contributed by atoms with van der Waals surface area (Å²) in [6.45, 7) is 2.65. The molecule has 6 heteroatoms. The predicted molar refractivity (Wildman–Crippen MR) is 118 cm³/mol. The number of carbonyl (C=O) groups is 1. The van der Waals surface area contributed by atoms with E-state index in [9.17, 15) is 9.18 Å². The van der Waals surface area contributed by atoms with Crippen molar-refractivity contribution in [3.8, 4) is 11.5 Å². The molecule has 0 aliphatic carbocycles. The molecule has 3 aromatic carbocycles. The molecule has 0 N–H and O–H groups in total. The van der Waals surface area contributed by atoms with Gasteiger partial charge in [0.05, 0.1) is 12.8 Å². The van der Waals surface area contributed by atoms with E-state index < -0.39 is 0 Å². The average molecular weight is 420 g/mol. The highest BCUT2D eigenvalue weighted by molar-refractivity contribution is 5.95. The normalized spacial score (nSPS) is 13.7. The molecule has 0 saturated carbocycles. The number of anilines is 1. The zero-order valence-electron chi connectivity index (χ0n) is 17.5. The van der Waals surface area contributed by atoms with E-state index in [4.69, 9.17) is 9.47 Å². The lowest BCUT2D eigenvalue weighted by molar-refractivity contribution is 0.0746. The van der Waals surface area contributed by atoms with Gasteiger partial charge in [-0.05, 0) is 35.9 Å². The summed E-state index contributed by atoms with van der Waals surface area (Å²) in [6.07, 6.45) is 0. The van der Waals surface area contributed by atoms with E-state index in [0.717, 1.165) is 5.56 Å². The van der Waals surface area contributed by atoms with Crippen molar-refractivity contribution in [2.45, 2.75) is 6.61 Å². The number of carbonyl (C=O) groups excluding carboxylic acids is 1. The van der Waals surface area contributed by atoms with Crippen molar-refractivity contribution in [2.24, 2.45) is 0 Å². The number of amides is 1. The Kier molecular flexibility index (Phi) is 6.36. The quantitative estimate of drug-likeness (QED) is 0.594. The second kappa shape index (κ2) is 9.51. The van der Waals surface area contributed by atoms with Crippen LogP contribution in [-0.4, -0.2) is 44.1 Å². The maximum Gasteiger partial charge on any atom is 0.254 e. The van der Waals surface area contributed by atoms with Crippen molar-refractivity contribution in [1.29, 1.82) is 0 Å². The van der Waals surface area contributed by atoms with Crippen LogP contribution in [0.4, 0.5) is 10.1 Å². The van der Waals surface area contributed by atoms with Crippen LogP contribution in [0, 0.1) is 5.82 Å². The summed E-state index contributed by atoms with van der Waals surface area (Å²) in [5.41, 5.74) is 2.18. The van der Waals surface area contributed by atoms with Gasteiger partial charge in [0, 0.05) is 31.7 Å². The van der Waals surface area contributed by atoms with Crippen LogP contribution in [-0.2, 0) is 6.61 Å². The molecule has 0 aromatic heterocycles. The minimum Gasteiger partial charge on any atom is -0.493 e. The molecule has 3 aromatic rings. The van der Waals surface area contributed by atoms with Crippen LogP contribution < -0.4 is 14.4 Å². The number of ether oxygens (including phenoxy) is 2. The molecule has 4 rings (SSSR count). The topological polar surface area (TPSA) is 42.0 Å². The molecule has 0 bridgehead atoms. The standard InChI is InChI=1S/C25H25FN2O3/c1-30-24-17-20(11-12-23(24)31-18-19-7-3-2-4-8-19)25(29)28-15-13-27(14-16-28)22-10-6-5-9-21(22)26/h2-12,17H,13-16,18H2,1H3. The maximum atomic E-state index is 14.0. The Bertz CT molecular complexity index is 1030. The number of methoxy groups -OCH3 is 1. The van der Waals surface area contributed by atoms with Gasteiger partial charge in [0.25, 0.3) is 5.91 Å². The number of hydrogen-bond acceptors (Lipinski definition) is 4. The molecule has 1 amide bonds. The van der Waals surface area contributed by atoms with Gasteiger partial charge in [-0.25, -0.2) is 4.39 Å². The molecule has 1 fully saturated rings. The van der Waals surface area contributed by atoms with E-state index in [1.807, 2.05) is 41.3 Å². The Hall–Kier alpha value is -3.54. The molecule has 0 atom stereocenters. The highest BCUT2D eigenvalue weighted by Gasteiger charge is 2.24. The molecule has 31 heavy (non-hydrogen) atoms. The number of para-hydroxylation sites is 1. The van der Waals surface area contributed by atoms with Gasteiger partial charge >= 0.3 is 0 Å². The highest BCUT2D eigenvalue weighted by atomic mass is 19.1. The van der Waals surface area contributed by atoms with E-state index in [1.54, 1.807) is 42.3 Å². The summed E-state index contributed by atoms with van der Waals surface area (Å²) >= 11 is 0. The van der Waals surface area contributed by atoms with Crippen molar-refractivity contribution in [3.63, 3.8) is 0 Å². The fraction of sp³-hybridized carbons (Fsp3) is 0.240. The number of benzene rings is 3. The third-order valence-electron chi connectivity index (χ3n) is 5.41. The van der Waals surface area contributed by atoms with E-state index in [0.29, 0.717) is 55.5 Å². The van der Waals surface area contributed by atoms with Gasteiger partial charge in [-0.2, -0.15) is 0 Å². The average Bonchev–Trinajstić information content (AvgIpc) is 2.83. The zero-order chi connectivity index (χ0) is 21.6. The lowest BCUT2D eigenvalue weighted by Gasteiger charge is -2.36. The van der Waals surface area contributed by atoms with Crippen LogP contribution in [0.2, 0.25) is 0 Å². The van der Waals surface area contributed by atoms with Crippen LogP contribution in [0.3, 0.4) is 0 Å². The van der Waals surface area contributed by atoms with Gasteiger partial charge in [-0.1, -0.05) is 42.5 Å². The van der Waals surface area contributed by atoms with Gasteiger partial charge < -0.3 is 19.3 Å². The monoisotopic (exact) mass is 420 g/mol. The molecule has 160 valence electrons. The summed E-state index contributed by atoms with van der Waals surface area (Å²) in [5.74, 6) is 0.804. The Labute approximate surface area is 181 Å². The second-order valence-corrected chi connectivity index (χ2v) is 7.37. The molecule has 1 aliphatic rings. The van der Waals surface area contributed by atoms with Gasteiger partial charge in [-0.3, -0.25) is 4.79 Å². The minimum absolute atomic E-state index is 0.0684. The van der Waals surface area contributed by atoms with Crippen molar-refractivity contribution in [3.05, 3.63) is 89.7 Å². The van der Waals surface area contributed by atoms with Crippen LogP contribution in [0.1, 0.15) is 15.9 Å². The molecule has 1 aliphatic heterocycles. The molecule has 5 nitrogen and oxygen atoms in total. The fourth-order valence-corrected chi connectivity index (χ4v) is 3.70. The first-order valence-electron chi connectivity index (χ1n) is 10.3. The van der Waals surface area contributed by atoms with E-state index in [-0.39, 0.29) is 11.7 Å². The lowest BCUT2D eigenvalue weighted by atomic mass is 10.1. The van der Waals surface area contributed by atoms with Crippen molar-refractivity contribution in [2.75, 3.05) is 38.2 Å². The van der Waals surface area contributed by atoms with Gasteiger partial charge in [-0.15, -0.1) is 0 Å². The van der Waals surface area contributed by atoms with Crippen molar-refractivity contribution >= 4 is 11.6 Å². The number of rotatable bonds is 6. The Morgan fingerprint density at radius 3 is 2.32 bits per heavy atom. The molecule has 0 unspecified atom stereocenters. The number of piperazine rings is 1. The van der Waals surface area contributed by atoms with Crippen LogP contribution in [0.5, 0.6) is 11.5 Å². The lowest BCUT2D eigenvalue weighted by Crippen LogP contribution is -2.49. The first-order valence-corrected chi connectivity index (χ1v) is 10.3. The SMILES string of the molecule is COc1cc(C(=O)N2CCN(c3ccccc3F)CC2)ccc1OCc1ccccc1. The molecular weight excluding hydrogens is 395 g/mol. The molecule has 1 heterocycles. The summed E-state index contributed by atoms with van der Waals surface area (Å²) in [5, 5.41) is 0. The number of halogens is 1. The largest absolute Gasteiger partial charge is 0.493 e. The molecule has 0 spiro atoms. The van der Waals surface area contributed by atoms with Crippen LogP contribution >= 0.6 is 0 Å². The summed E-state index contributed by atoms with van der Waals surface area (Å²) < 4.78 is 25.4. The Balaban J connectivity index is 1.40. The third-order valence-corrected chi connectivity index (χ3v) is 5.41. The summed E-state index contributed by atoms with van der Waals surface area (Å²) in [4.78, 5) is 16.8. The van der Waals surface area contributed by atoms with Crippen LogP contribution in [0.15, 0.2) is 72.8 Å². The maximum absolute atomic E-state index is 14.0.